The molecule has 1 aromatic carbocycles. The monoisotopic (exact) mass is 397 g/mol. The fourth-order valence-electron chi connectivity index (χ4n) is 1.93. The number of hydrogen-bond donors (Lipinski definition) is 1. The third kappa shape index (κ3) is 2.38. The number of nitrogen functional groups attached to an aromatic ring is 1. The van der Waals surface area contributed by atoms with Crippen LogP contribution in [-0.2, 0) is 0 Å². The van der Waals surface area contributed by atoms with Crippen molar-refractivity contribution in [3.05, 3.63) is 51.3 Å². The summed E-state index contributed by atoms with van der Waals surface area (Å²) in [5.41, 5.74) is 8.33. The second-order valence-electron chi connectivity index (χ2n) is 4.14. The summed E-state index contributed by atoms with van der Waals surface area (Å²) >= 11 is 8.33. The Morgan fingerprint density at radius 2 is 2.05 bits per heavy atom. The molecule has 100 valence electrons. The predicted octanol–water partition coefficient (Wildman–Crippen LogP) is 4.24. The van der Waals surface area contributed by atoms with E-state index in [1.54, 1.807) is 12.4 Å². The zero-order valence-corrected chi connectivity index (χ0v) is 13.1. The van der Waals surface area contributed by atoms with E-state index < -0.39 is 0 Å². The molecule has 0 amide bonds. The van der Waals surface area contributed by atoms with Crippen molar-refractivity contribution in [3.8, 4) is 22.5 Å². The van der Waals surface area contributed by atoms with Crippen LogP contribution in [0.4, 0.5) is 5.82 Å². The highest BCUT2D eigenvalue weighted by Gasteiger charge is 2.18. The second kappa shape index (κ2) is 5.41. The maximum Gasteiger partial charge on any atom is 0.177 e. The Hall–Kier alpha value is -1.60. The van der Waals surface area contributed by atoms with E-state index in [0.717, 1.165) is 20.3 Å². The largest absolute Gasteiger partial charge is 0.380 e. The lowest BCUT2D eigenvalue weighted by Gasteiger charge is -2.03. The van der Waals surface area contributed by atoms with Gasteiger partial charge in [0.05, 0.1) is 10.6 Å². The lowest BCUT2D eigenvalue weighted by Crippen LogP contribution is -1.89. The average molecular weight is 398 g/mol. The van der Waals surface area contributed by atoms with Crippen molar-refractivity contribution in [3.63, 3.8) is 0 Å². The maximum absolute atomic E-state index is 6.16. The molecule has 3 aromatic rings. The Bertz CT molecular complexity index is 758. The van der Waals surface area contributed by atoms with Crippen molar-refractivity contribution in [2.45, 2.75) is 0 Å². The summed E-state index contributed by atoms with van der Waals surface area (Å²) in [5, 5.41) is 4.51. The zero-order chi connectivity index (χ0) is 14.1. The Kier molecular flexibility index (Phi) is 3.62. The molecule has 2 heterocycles. The first-order chi connectivity index (χ1) is 9.66. The van der Waals surface area contributed by atoms with Gasteiger partial charge in [0.15, 0.2) is 11.6 Å². The lowest BCUT2D eigenvalue weighted by atomic mass is 10.0. The van der Waals surface area contributed by atoms with Crippen molar-refractivity contribution >= 4 is 40.0 Å². The molecule has 0 aliphatic carbocycles. The number of anilines is 1. The van der Waals surface area contributed by atoms with Crippen molar-refractivity contribution in [2.75, 3.05) is 5.73 Å². The van der Waals surface area contributed by atoms with Gasteiger partial charge in [-0.2, -0.15) is 0 Å². The number of aromatic nitrogens is 2. The van der Waals surface area contributed by atoms with Gasteiger partial charge >= 0.3 is 0 Å². The first-order valence-corrected chi connectivity index (χ1v) is 7.23. The van der Waals surface area contributed by atoms with E-state index in [2.05, 4.69) is 32.7 Å². The molecule has 0 fully saturated rings. The summed E-state index contributed by atoms with van der Waals surface area (Å²) in [4.78, 5) is 4.10. The predicted molar refractivity (Wildman–Crippen MR) is 87.3 cm³/mol. The van der Waals surface area contributed by atoms with Gasteiger partial charge in [0.1, 0.15) is 0 Å². The first kappa shape index (κ1) is 13.4. The Labute approximate surface area is 134 Å². The Morgan fingerprint density at radius 1 is 1.20 bits per heavy atom. The van der Waals surface area contributed by atoms with Crippen LogP contribution in [0.5, 0.6) is 0 Å². The molecule has 3 rings (SSSR count). The minimum atomic E-state index is 0.336. The molecule has 0 aliphatic heterocycles. The molecule has 2 aromatic heterocycles. The molecule has 0 atom stereocenters. The van der Waals surface area contributed by atoms with Crippen LogP contribution in [0.2, 0.25) is 5.02 Å². The van der Waals surface area contributed by atoms with Gasteiger partial charge in [-0.05, 0) is 46.9 Å². The summed E-state index contributed by atoms with van der Waals surface area (Å²) in [5.74, 6) is 0.927. The fourth-order valence-corrected chi connectivity index (χ4v) is 2.44. The number of rotatable bonds is 2. The molecule has 4 nitrogen and oxygen atoms in total. The maximum atomic E-state index is 6.16. The number of nitrogens with zero attached hydrogens (tertiary/aromatic N) is 2. The van der Waals surface area contributed by atoms with Gasteiger partial charge in [0.2, 0.25) is 0 Å². The quantitative estimate of drug-likeness (QED) is 0.657. The van der Waals surface area contributed by atoms with Crippen LogP contribution in [0.1, 0.15) is 0 Å². The normalized spacial score (nSPS) is 10.7. The van der Waals surface area contributed by atoms with Gasteiger partial charge in [-0.3, -0.25) is 4.98 Å². The van der Waals surface area contributed by atoms with E-state index in [1.165, 1.54) is 0 Å². The summed E-state index contributed by atoms with van der Waals surface area (Å²) in [6.45, 7) is 0. The number of benzene rings is 1. The zero-order valence-electron chi connectivity index (χ0n) is 10.2. The Morgan fingerprint density at radius 3 is 2.75 bits per heavy atom. The second-order valence-corrected chi connectivity index (χ2v) is 5.71. The lowest BCUT2D eigenvalue weighted by molar-refractivity contribution is 0.436. The van der Waals surface area contributed by atoms with Crippen LogP contribution in [0.25, 0.3) is 22.5 Å². The van der Waals surface area contributed by atoms with E-state index >= 15 is 0 Å². The van der Waals surface area contributed by atoms with E-state index in [4.69, 9.17) is 21.9 Å². The van der Waals surface area contributed by atoms with E-state index in [9.17, 15) is 0 Å². The van der Waals surface area contributed by atoms with Crippen molar-refractivity contribution in [1.82, 2.24) is 10.1 Å². The van der Waals surface area contributed by atoms with E-state index in [1.807, 2.05) is 30.3 Å². The summed E-state index contributed by atoms with van der Waals surface area (Å²) in [6, 6.07) is 9.43. The van der Waals surface area contributed by atoms with Crippen LogP contribution in [0, 0.1) is 3.57 Å². The third-order valence-corrected chi connectivity index (χ3v) is 4.42. The topological polar surface area (TPSA) is 64.9 Å². The summed E-state index contributed by atoms with van der Waals surface area (Å²) in [7, 11) is 0. The average Bonchev–Trinajstić information content (AvgIpc) is 2.85. The van der Waals surface area contributed by atoms with E-state index in [-0.39, 0.29) is 0 Å². The van der Waals surface area contributed by atoms with Gasteiger partial charge in [-0.15, -0.1) is 0 Å². The van der Waals surface area contributed by atoms with Gasteiger partial charge in [-0.25, -0.2) is 0 Å². The number of nitrogens with two attached hydrogens (primary N) is 1. The molecule has 0 saturated heterocycles. The van der Waals surface area contributed by atoms with Gasteiger partial charge in [0.25, 0.3) is 0 Å². The number of pyridine rings is 1. The minimum absolute atomic E-state index is 0.336. The summed E-state index contributed by atoms with van der Waals surface area (Å²) in [6.07, 6.45) is 3.43. The van der Waals surface area contributed by atoms with Crippen molar-refractivity contribution in [2.24, 2.45) is 0 Å². The summed E-state index contributed by atoms with van der Waals surface area (Å²) < 4.78 is 6.34. The molecular formula is C14H9ClIN3O. The smallest absolute Gasteiger partial charge is 0.177 e. The SMILES string of the molecule is Nc1noc(-c2ccc(I)c(Cl)c2)c1-c1cccnc1. The highest BCUT2D eigenvalue weighted by molar-refractivity contribution is 14.1. The molecule has 0 unspecified atom stereocenters. The third-order valence-electron chi connectivity index (χ3n) is 2.85. The van der Waals surface area contributed by atoms with Crippen LogP contribution < -0.4 is 5.73 Å². The molecule has 0 spiro atoms. The molecule has 0 radical (unpaired) electrons. The first-order valence-electron chi connectivity index (χ1n) is 5.78. The highest BCUT2D eigenvalue weighted by Crippen LogP contribution is 2.37. The molecule has 20 heavy (non-hydrogen) atoms. The number of halogens is 2. The molecule has 0 bridgehead atoms. The molecule has 6 heteroatoms. The van der Waals surface area contributed by atoms with Crippen LogP contribution in [-0.4, -0.2) is 10.1 Å². The molecule has 0 saturated carbocycles. The molecule has 2 N–H and O–H groups in total. The molecule has 0 aliphatic rings. The molecular weight excluding hydrogens is 389 g/mol. The highest BCUT2D eigenvalue weighted by atomic mass is 127. The van der Waals surface area contributed by atoms with Crippen LogP contribution in [0.15, 0.2) is 47.2 Å². The number of hydrogen-bond acceptors (Lipinski definition) is 4. The van der Waals surface area contributed by atoms with Crippen LogP contribution >= 0.6 is 34.2 Å². The van der Waals surface area contributed by atoms with Gasteiger partial charge in [-0.1, -0.05) is 22.8 Å². The van der Waals surface area contributed by atoms with Gasteiger partial charge in [0, 0.05) is 27.1 Å². The Balaban J connectivity index is 2.18. The van der Waals surface area contributed by atoms with Crippen LogP contribution in [0.3, 0.4) is 0 Å². The fraction of sp³-hybridized carbons (Fsp3) is 0. The van der Waals surface area contributed by atoms with Crippen molar-refractivity contribution in [1.29, 1.82) is 0 Å². The van der Waals surface area contributed by atoms with Crippen molar-refractivity contribution < 1.29 is 4.52 Å². The van der Waals surface area contributed by atoms with E-state index in [0.29, 0.717) is 16.6 Å². The van der Waals surface area contributed by atoms with Gasteiger partial charge < -0.3 is 10.3 Å². The standard InChI is InChI=1S/C14H9ClIN3O/c15-10-6-8(3-4-11(10)16)13-12(14(17)19-20-13)9-2-1-5-18-7-9/h1-7H,(H2,17,19). The minimum Gasteiger partial charge on any atom is -0.380 e.